The number of aliphatic hydroxyl groups excluding tert-OH is 1. The molecule has 2 rings (SSSR count). The summed E-state index contributed by atoms with van der Waals surface area (Å²) < 4.78 is 19.4. The van der Waals surface area contributed by atoms with Crippen LogP contribution in [0.4, 0.5) is 5.82 Å². The van der Waals surface area contributed by atoms with Gasteiger partial charge in [-0.05, 0) is 20.8 Å². The number of aliphatic hydroxyl groups is 1. The van der Waals surface area contributed by atoms with Crippen LogP contribution in [0.25, 0.3) is 0 Å². The van der Waals surface area contributed by atoms with Gasteiger partial charge in [0, 0.05) is 25.2 Å². The highest BCUT2D eigenvalue weighted by Crippen LogP contribution is 2.26. The third kappa shape index (κ3) is 9.34. The molecule has 0 spiro atoms. The number of aromatic nitrogens is 2. The van der Waals surface area contributed by atoms with Gasteiger partial charge in [0.25, 0.3) is 11.0 Å². The smallest absolute Gasteiger partial charge is 0.291 e. The van der Waals surface area contributed by atoms with Crippen molar-refractivity contribution in [3.8, 4) is 5.88 Å². The summed E-state index contributed by atoms with van der Waals surface area (Å²) in [7, 11) is 0. The van der Waals surface area contributed by atoms with E-state index in [1.165, 1.54) is 0 Å². The van der Waals surface area contributed by atoms with Crippen molar-refractivity contribution in [3.05, 3.63) is 10.1 Å². The number of rotatable bonds is 6. The van der Waals surface area contributed by atoms with Gasteiger partial charge in [-0.1, -0.05) is 0 Å². The molecule has 1 aliphatic heterocycles. The Kier molecular flexibility index (Phi) is 8.75. The minimum Gasteiger partial charge on any atom is -0.472 e. The van der Waals surface area contributed by atoms with Crippen molar-refractivity contribution < 1.29 is 24.9 Å². The maximum absolute atomic E-state index is 9.95. The number of ether oxygens (including phenoxy) is 2. The van der Waals surface area contributed by atoms with E-state index in [-0.39, 0.29) is 12.1 Å². The normalized spacial score (nSPS) is 15.9. The molecule has 3 N–H and O–H groups in total. The van der Waals surface area contributed by atoms with E-state index in [1.54, 1.807) is 0 Å². The molecule has 0 amide bonds. The number of nitrogens with one attached hydrogen (secondary N) is 1. The van der Waals surface area contributed by atoms with E-state index < -0.39 is 11.2 Å². The Bertz CT molecular complexity index is 513. The lowest BCUT2D eigenvalue weighted by atomic mass is 10.1. The van der Waals surface area contributed by atoms with Gasteiger partial charge < -0.3 is 30.0 Å². The zero-order valence-electron chi connectivity index (χ0n) is 14.5. The van der Waals surface area contributed by atoms with E-state index in [4.69, 9.17) is 24.8 Å². The van der Waals surface area contributed by atoms with Gasteiger partial charge in [0.05, 0.1) is 24.9 Å². The first kappa shape index (κ1) is 21.3. The van der Waals surface area contributed by atoms with Gasteiger partial charge in [-0.25, -0.2) is 0 Å². The topological polar surface area (TPSA) is 143 Å². The van der Waals surface area contributed by atoms with Crippen molar-refractivity contribution in [3.63, 3.8) is 0 Å². The predicted octanol–water partition coefficient (Wildman–Crippen LogP) is 0.155. The van der Waals surface area contributed by atoms with Gasteiger partial charge in [-0.15, -0.1) is 14.5 Å². The maximum atomic E-state index is 9.95. The van der Waals surface area contributed by atoms with Gasteiger partial charge >= 0.3 is 0 Å². The molecule has 1 aromatic heterocycles. The fourth-order valence-electron chi connectivity index (χ4n) is 1.89. The molecular weight excluding hydrogens is 354 g/mol. The predicted molar refractivity (Wildman–Crippen MR) is 91.0 cm³/mol. The summed E-state index contributed by atoms with van der Waals surface area (Å²) in [5.41, 5.74) is -0.0257. The molecule has 0 saturated carbocycles. The molecule has 0 bridgehead atoms. The summed E-state index contributed by atoms with van der Waals surface area (Å²) >= 11 is 1.12. The standard InChI is InChI=1S/C13H24N4O3S.HNO3/c1-13(2,3)14-8-10(18)9-20-12-11(15-21-16-12)17-4-6-19-7-5-17;2-1(3)4/h10,14,18H,4-9H2,1-3H3;(H,2,3,4)/t10-;/m0./s1. The molecule has 0 radical (unpaired) electrons. The molecule has 11 nitrogen and oxygen atoms in total. The van der Waals surface area contributed by atoms with Crippen molar-refractivity contribution in [2.75, 3.05) is 44.4 Å². The van der Waals surface area contributed by atoms with Crippen molar-refractivity contribution in [2.24, 2.45) is 0 Å². The molecule has 144 valence electrons. The molecule has 1 aromatic rings. The Labute approximate surface area is 150 Å². The average Bonchev–Trinajstić information content (AvgIpc) is 2.99. The second kappa shape index (κ2) is 10.3. The molecule has 12 heteroatoms. The van der Waals surface area contributed by atoms with Gasteiger partial charge in [0.2, 0.25) is 5.82 Å². The van der Waals surface area contributed by atoms with Crippen molar-refractivity contribution >= 4 is 17.5 Å². The minimum absolute atomic E-state index is 0.0257. The summed E-state index contributed by atoms with van der Waals surface area (Å²) in [5.74, 6) is 1.25. The second-order valence-electron chi connectivity index (χ2n) is 6.33. The lowest BCUT2D eigenvalue weighted by Gasteiger charge is -2.27. The van der Waals surface area contributed by atoms with E-state index in [0.29, 0.717) is 25.6 Å². The molecule has 2 heterocycles. The van der Waals surface area contributed by atoms with Crippen LogP contribution in [0.5, 0.6) is 5.88 Å². The van der Waals surface area contributed by atoms with E-state index in [0.717, 1.165) is 30.6 Å². The van der Waals surface area contributed by atoms with Crippen LogP contribution < -0.4 is 15.0 Å². The average molecular weight is 379 g/mol. The Morgan fingerprint density at radius 1 is 1.44 bits per heavy atom. The fourth-order valence-corrected chi connectivity index (χ4v) is 2.41. The minimum atomic E-state index is -1.50. The van der Waals surface area contributed by atoms with E-state index >= 15 is 0 Å². The summed E-state index contributed by atoms with van der Waals surface area (Å²) in [6.45, 7) is 9.81. The molecule has 0 aromatic carbocycles. The highest BCUT2D eigenvalue weighted by molar-refractivity contribution is 6.99. The second-order valence-corrected chi connectivity index (χ2v) is 6.85. The zero-order chi connectivity index (χ0) is 18.9. The van der Waals surface area contributed by atoms with Crippen LogP contribution in [-0.2, 0) is 4.74 Å². The third-order valence-corrected chi connectivity index (χ3v) is 3.54. The molecular formula is C13H25N5O6S. The number of hydrogen-bond acceptors (Lipinski definition) is 10. The van der Waals surface area contributed by atoms with Gasteiger partial charge in [-0.2, -0.15) is 4.37 Å². The summed E-state index contributed by atoms with van der Waals surface area (Å²) in [4.78, 5) is 10.5. The highest BCUT2D eigenvalue weighted by atomic mass is 32.1. The van der Waals surface area contributed by atoms with Crippen LogP contribution in [0.3, 0.4) is 0 Å². The number of β-amino-alcohol motifs (C(OH)–C–C–N with tert-alkyl or cyclic N) is 1. The molecule has 0 aliphatic carbocycles. The van der Waals surface area contributed by atoms with Crippen LogP contribution >= 0.6 is 11.7 Å². The first-order chi connectivity index (χ1) is 11.7. The van der Waals surface area contributed by atoms with E-state index in [2.05, 4.69) is 39.7 Å². The Hall–Kier alpha value is -1.76. The SMILES string of the molecule is CC(C)(C)NC[C@H](O)COc1nsnc1N1CCOCC1.O=[N+]([O-])O. The summed E-state index contributed by atoms with van der Waals surface area (Å²) in [5, 5.41) is 26.8. The van der Waals surface area contributed by atoms with Crippen molar-refractivity contribution in [2.45, 2.75) is 32.4 Å². The lowest BCUT2D eigenvalue weighted by molar-refractivity contribution is -0.742. The number of nitrogens with zero attached hydrogens (tertiary/aromatic N) is 4. The quantitative estimate of drug-likeness (QED) is 0.462. The molecule has 0 unspecified atom stereocenters. The van der Waals surface area contributed by atoms with Crippen molar-refractivity contribution in [1.82, 2.24) is 14.1 Å². The molecule has 1 fully saturated rings. The maximum Gasteiger partial charge on any atom is 0.291 e. The zero-order valence-corrected chi connectivity index (χ0v) is 15.4. The molecule has 1 aliphatic rings. The molecule has 1 saturated heterocycles. The highest BCUT2D eigenvalue weighted by Gasteiger charge is 2.21. The summed E-state index contributed by atoms with van der Waals surface area (Å²) in [6, 6.07) is 0. The summed E-state index contributed by atoms with van der Waals surface area (Å²) in [6.07, 6.45) is -0.580. The number of hydrogen-bond donors (Lipinski definition) is 3. The van der Waals surface area contributed by atoms with Gasteiger partial charge in [0.1, 0.15) is 12.7 Å². The first-order valence-electron chi connectivity index (χ1n) is 7.73. The molecule has 25 heavy (non-hydrogen) atoms. The number of morpholine rings is 1. The first-order valence-corrected chi connectivity index (χ1v) is 8.46. The Morgan fingerprint density at radius 2 is 2.04 bits per heavy atom. The van der Waals surface area contributed by atoms with E-state index in [1.807, 2.05) is 0 Å². The lowest BCUT2D eigenvalue weighted by Crippen LogP contribution is -2.42. The van der Waals surface area contributed by atoms with Crippen LogP contribution in [0.15, 0.2) is 0 Å². The number of anilines is 1. The fraction of sp³-hybridized carbons (Fsp3) is 0.846. The largest absolute Gasteiger partial charge is 0.472 e. The van der Waals surface area contributed by atoms with Crippen molar-refractivity contribution in [1.29, 1.82) is 0 Å². The van der Waals surface area contributed by atoms with Crippen LogP contribution in [0, 0.1) is 10.1 Å². The van der Waals surface area contributed by atoms with Gasteiger partial charge in [0.15, 0.2) is 0 Å². The van der Waals surface area contributed by atoms with Crippen LogP contribution in [-0.4, -0.2) is 75.2 Å². The van der Waals surface area contributed by atoms with Crippen LogP contribution in [0.1, 0.15) is 20.8 Å². The molecule has 1 atom stereocenters. The van der Waals surface area contributed by atoms with Gasteiger partial charge in [-0.3, -0.25) is 0 Å². The Balaban J connectivity index is 0.000000705. The Morgan fingerprint density at radius 3 is 2.60 bits per heavy atom. The monoisotopic (exact) mass is 379 g/mol. The third-order valence-electron chi connectivity index (χ3n) is 3.03. The van der Waals surface area contributed by atoms with E-state index in [9.17, 15) is 5.11 Å². The van der Waals surface area contributed by atoms with Crippen LogP contribution in [0.2, 0.25) is 0 Å².